The fourth-order valence-electron chi connectivity index (χ4n) is 14.3. The average Bonchev–Trinajstić information content (AvgIpc) is 4.03. The zero-order valence-electron chi connectivity index (χ0n) is 43.3. The van der Waals surface area contributed by atoms with Crippen LogP contribution in [0.3, 0.4) is 0 Å². The van der Waals surface area contributed by atoms with Gasteiger partial charge < -0.3 is 9.80 Å². The van der Waals surface area contributed by atoms with E-state index < -0.39 is 16.1 Å². The van der Waals surface area contributed by atoms with Gasteiger partial charge in [-0.05, 0) is 135 Å². The first kappa shape index (κ1) is 44.2. The van der Waals surface area contributed by atoms with Crippen LogP contribution in [0.25, 0.3) is 76.8 Å². The topological polar surface area (TPSA) is 6.48 Å². The number of hydrogen-bond donors (Lipinski definition) is 0. The summed E-state index contributed by atoms with van der Waals surface area (Å²) in [5.74, 6) is 0. The Labute approximate surface area is 442 Å². The van der Waals surface area contributed by atoms with E-state index in [4.69, 9.17) is 0 Å². The van der Waals surface area contributed by atoms with Crippen molar-refractivity contribution < 1.29 is 0 Å². The lowest BCUT2D eigenvalue weighted by Crippen LogP contribution is -2.50. The third-order valence-corrected chi connectivity index (χ3v) is 24.9. The van der Waals surface area contributed by atoms with Crippen LogP contribution in [0, 0.1) is 0 Å². The number of para-hydroxylation sites is 1. The van der Waals surface area contributed by atoms with Crippen LogP contribution in [0.15, 0.2) is 231 Å². The molecule has 15 rings (SSSR count). The normalized spacial score (nSPS) is 14.9. The maximum absolute atomic E-state index is 2.64. The summed E-state index contributed by atoms with van der Waals surface area (Å²) in [6, 6.07) is 88.0. The minimum absolute atomic E-state index is 0.153. The van der Waals surface area contributed by atoms with Crippen molar-refractivity contribution in [3.8, 4) is 44.5 Å². The first-order chi connectivity index (χ1) is 36.5. The van der Waals surface area contributed by atoms with Crippen LogP contribution < -0.4 is 30.5 Å². The van der Waals surface area contributed by atoms with Crippen molar-refractivity contribution in [2.45, 2.75) is 45.5 Å². The molecule has 2 nitrogen and oxygen atoms in total. The van der Waals surface area contributed by atoms with E-state index in [-0.39, 0.29) is 5.41 Å². The molecular formula is C71H56N2Si2. The molecule has 0 spiro atoms. The van der Waals surface area contributed by atoms with Crippen LogP contribution in [0.5, 0.6) is 0 Å². The first-order valence-corrected chi connectivity index (χ1v) is 32.7. The van der Waals surface area contributed by atoms with Gasteiger partial charge in [0, 0.05) is 38.8 Å². The Kier molecular flexibility index (Phi) is 9.35. The summed E-state index contributed by atoms with van der Waals surface area (Å²) in [7, 11) is -4.37. The van der Waals surface area contributed by atoms with E-state index in [1.807, 2.05) is 0 Å². The molecule has 12 aromatic carbocycles. The molecular weight excluding hydrogens is 937 g/mol. The molecule has 0 saturated carbocycles. The van der Waals surface area contributed by atoms with E-state index in [1.165, 1.54) is 143 Å². The highest BCUT2D eigenvalue weighted by atomic mass is 28.3. The number of hydrogen-bond acceptors (Lipinski definition) is 2. The third-order valence-electron chi connectivity index (χ3n) is 17.8. The molecule has 12 aromatic rings. The Morgan fingerprint density at radius 2 is 0.773 bits per heavy atom. The minimum atomic E-state index is -2.18. The van der Waals surface area contributed by atoms with Crippen molar-refractivity contribution in [3.63, 3.8) is 0 Å². The molecule has 358 valence electrons. The minimum Gasteiger partial charge on any atom is -0.310 e. The fraction of sp³-hybridized carbons (Fsp3) is 0.0986. The number of rotatable bonds is 7. The summed E-state index contributed by atoms with van der Waals surface area (Å²) >= 11 is 0. The highest BCUT2D eigenvalue weighted by Gasteiger charge is 2.43. The second kappa shape index (κ2) is 15.9. The molecule has 0 atom stereocenters. The van der Waals surface area contributed by atoms with Crippen molar-refractivity contribution in [1.82, 2.24) is 0 Å². The van der Waals surface area contributed by atoms with Crippen LogP contribution >= 0.6 is 0 Å². The van der Waals surface area contributed by atoms with E-state index in [1.54, 1.807) is 0 Å². The van der Waals surface area contributed by atoms with Crippen LogP contribution in [-0.2, 0) is 5.41 Å². The molecule has 4 heteroatoms. The molecule has 0 fully saturated rings. The maximum atomic E-state index is 2.64. The Morgan fingerprint density at radius 1 is 0.320 bits per heavy atom. The van der Waals surface area contributed by atoms with Crippen LogP contribution in [0.2, 0.25) is 26.2 Å². The number of nitrogens with zero attached hydrogens (tertiary/aromatic N) is 2. The highest BCUT2D eigenvalue weighted by Crippen LogP contribution is 2.53. The van der Waals surface area contributed by atoms with Gasteiger partial charge in [0.15, 0.2) is 0 Å². The molecule has 0 bridgehead atoms. The highest BCUT2D eigenvalue weighted by molar-refractivity contribution is 7.05. The summed E-state index contributed by atoms with van der Waals surface area (Å²) in [6.07, 6.45) is 0. The molecule has 2 heterocycles. The SMILES string of the molecule is CC1(C)c2ccccc2-c2ccc(N(c3cccc4c3[Si](C)(C)c3ccccc3-4)c3ccc4ccc5c(N(c6ccccc6-c6ccccc6)c6cccc7c6[Si](C)(C)c6ccccc6-7)ccc6ccc3c4c65)cc21. The zero-order chi connectivity index (χ0) is 50.5. The molecule has 75 heavy (non-hydrogen) atoms. The molecule has 0 radical (unpaired) electrons. The maximum Gasteiger partial charge on any atom is 0.116 e. The summed E-state index contributed by atoms with van der Waals surface area (Å²) in [6.45, 7) is 15.0. The second-order valence-corrected chi connectivity index (χ2v) is 31.4. The third kappa shape index (κ3) is 6.12. The van der Waals surface area contributed by atoms with Gasteiger partial charge in [0.2, 0.25) is 0 Å². The molecule has 2 aliphatic heterocycles. The average molecular weight is 993 g/mol. The Balaban J connectivity index is 1.00. The number of benzene rings is 12. The lowest BCUT2D eigenvalue weighted by Gasteiger charge is -2.34. The largest absolute Gasteiger partial charge is 0.310 e. The molecule has 0 unspecified atom stereocenters. The summed E-state index contributed by atoms with van der Waals surface area (Å²) in [5.41, 5.74) is 20.5. The standard InChI is InChI=1S/C71H56N2Si2/c1-71(2)58-28-14-10-23-50(58)51-41-38-48(44-59(51)71)72(63-30-18-26-54-52-24-12-16-32-65(52)74(3,4)69(54)63)61-42-36-46-35-40-57-62(43-37-47-34-39-56(61)67(46)68(47)57)73(60-29-15-11-22-49(60)45-20-8-7-9-21-45)64-31-19-27-55-53-25-13-17-33-66(53)75(5,6)70(55)64/h7-44H,1-6H3. The van der Waals surface area contributed by atoms with Gasteiger partial charge in [0.25, 0.3) is 0 Å². The van der Waals surface area contributed by atoms with E-state index in [0.29, 0.717) is 0 Å². The Bertz CT molecular complexity index is 4360. The van der Waals surface area contributed by atoms with Crippen LogP contribution in [0.1, 0.15) is 25.0 Å². The summed E-state index contributed by atoms with van der Waals surface area (Å²) in [4.78, 5) is 5.27. The van der Waals surface area contributed by atoms with E-state index in [9.17, 15) is 0 Å². The predicted molar refractivity (Wildman–Crippen MR) is 327 cm³/mol. The first-order valence-electron chi connectivity index (χ1n) is 26.7. The van der Waals surface area contributed by atoms with Crippen molar-refractivity contribution in [2.24, 2.45) is 0 Å². The van der Waals surface area contributed by atoms with E-state index in [0.717, 1.165) is 0 Å². The van der Waals surface area contributed by atoms with Gasteiger partial charge in [0.05, 0.1) is 17.1 Å². The van der Waals surface area contributed by atoms with Crippen LogP contribution in [0.4, 0.5) is 34.1 Å². The van der Waals surface area contributed by atoms with Gasteiger partial charge >= 0.3 is 0 Å². The summed E-state index contributed by atoms with van der Waals surface area (Å²) < 4.78 is 0. The lowest BCUT2D eigenvalue weighted by atomic mass is 9.82. The second-order valence-electron chi connectivity index (χ2n) is 22.8. The molecule has 0 aromatic heterocycles. The Hall–Kier alpha value is -8.29. The van der Waals surface area contributed by atoms with Crippen LogP contribution in [-0.4, -0.2) is 16.1 Å². The van der Waals surface area contributed by atoms with Crippen molar-refractivity contribution in [2.75, 3.05) is 9.80 Å². The van der Waals surface area contributed by atoms with Crippen molar-refractivity contribution in [3.05, 3.63) is 242 Å². The van der Waals surface area contributed by atoms with E-state index >= 15 is 0 Å². The number of fused-ring (bicyclic) bond motifs is 9. The lowest BCUT2D eigenvalue weighted by molar-refractivity contribution is 0.660. The van der Waals surface area contributed by atoms with Gasteiger partial charge in [-0.25, -0.2) is 0 Å². The molecule has 1 aliphatic carbocycles. The predicted octanol–water partition coefficient (Wildman–Crippen LogP) is 17.1. The van der Waals surface area contributed by atoms with Gasteiger partial charge in [0.1, 0.15) is 16.1 Å². The zero-order valence-corrected chi connectivity index (χ0v) is 45.3. The molecule has 3 aliphatic rings. The molecule has 0 saturated heterocycles. The summed E-state index contributed by atoms with van der Waals surface area (Å²) in [5, 5.41) is 13.6. The van der Waals surface area contributed by atoms with Gasteiger partial charge in [-0.3, -0.25) is 0 Å². The quantitative estimate of drug-likeness (QED) is 0.116. The van der Waals surface area contributed by atoms with Gasteiger partial charge in [-0.15, -0.1) is 0 Å². The smallest absolute Gasteiger partial charge is 0.116 e. The van der Waals surface area contributed by atoms with Crippen molar-refractivity contribution >= 4 is 103 Å². The monoisotopic (exact) mass is 992 g/mol. The molecule has 0 amide bonds. The van der Waals surface area contributed by atoms with Gasteiger partial charge in [-0.2, -0.15) is 0 Å². The van der Waals surface area contributed by atoms with Crippen molar-refractivity contribution in [1.29, 1.82) is 0 Å². The van der Waals surface area contributed by atoms with E-state index in [2.05, 4.69) is 280 Å². The fourth-order valence-corrected chi connectivity index (χ4v) is 21.1. The Morgan fingerprint density at radius 3 is 1.39 bits per heavy atom. The number of anilines is 6. The molecule has 0 N–H and O–H groups in total. The van der Waals surface area contributed by atoms with Gasteiger partial charge in [-0.1, -0.05) is 228 Å².